The maximum Gasteiger partial charge on any atom is 0.253 e. The van der Waals surface area contributed by atoms with Crippen molar-refractivity contribution in [1.82, 2.24) is 5.32 Å². The smallest absolute Gasteiger partial charge is 0.253 e. The number of rotatable bonds is 5. The first kappa shape index (κ1) is 15.0. The van der Waals surface area contributed by atoms with Crippen molar-refractivity contribution in [3.8, 4) is 0 Å². The summed E-state index contributed by atoms with van der Waals surface area (Å²) in [6, 6.07) is 8.42. The van der Waals surface area contributed by atoms with Gasteiger partial charge < -0.3 is 15.4 Å². The largest absolute Gasteiger partial charge is 0.368 e. The second kappa shape index (κ2) is 7.41. The second-order valence-corrected chi connectivity index (χ2v) is 5.58. The summed E-state index contributed by atoms with van der Waals surface area (Å²) in [4.78, 5) is 12.0. The third kappa shape index (κ3) is 4.62. The number of hydrogen-bond donors (Lipinski definition) is 2. The minimum Gasteiger partial charge on any atom is -0.368 e. The molecule has 0 radical (unpaired) electrons. The molecule has 1 fully saturated rings. The van der Waals surface area contributed by atoms with E-state index in [4.69, 9.17) is 4.74 Å². The predicted octanol–water partition coefficient (Wildman–Crippen LogP) is 2.69. The Bertz CT molecular complexity index is 423. The fraction of sp³-hybridized carbons (Fsp3) is 0.562. The van der Waals surface area contributed by atoms with Crippen LogP contribution in [0.5, 0.6) is 0 Å². The Balaban J connectivity index is 1.84. The van der Waals surface area contributed by atoms with Gasteiger partial charge in [0.25, 0.3) is 5.91 Å². The molecule has 1 aromatic rings. The van der Waals surface area contributed by atoms with Gasteiger partial charge in [0.1, 0.15) is 6.10 Å². The fourth-order valence-electron chi connectivity index (χ4n) is 2.20. The molecule has 1 aromatic carbocycles. The van der Waals surface area contributed by atoms with Crippen molar-refractivity contribution >= 4 is 11.6 Å². The summed E-state index contributed by atoms with van der Waals surface area (Å²) in [5.74, 6) is -0.0299. The molecule has 1 saturated heterocycles. The molecule has 1 heterocycles. The van der Waals surface area contributed by atoms with Crippen molar-refractivity contribution in [2.24, 2.45) is 0 Å². The average molecular weight is 276 g/mol. The highest BCUT2D eigenvalue weighted by molar-refractivity contribution is 5.94. The number of amides is 1. The van der Waals surface area contributed by atoms with Gasteiger partial charge in [-0.15, -0.1) is 0 Å². The first-order valence-corrected chi connectivity index (χ1v) is 7.40. The van der Waals surface area contributed by atoms with Crippen molar-refractivity contribution in [2.45, 2.75) is 51.8 Å². The summed E-state index contributed by atoms with van der Waals surface area (Å²) in [7, 11) is 0. The van der Waals surface area contributed by atoms with Crippen LogP contribution in [0.15, 0.2) is 24.3 Å². The van der Waals surface area contributed by atoms with E-state index >= 15 is 0 Å². The van der Waals surface area contributed by atoms with Gasteiger partial charge in [-0.25, -0.2) is 0 Å². The summed E-state index contributed by atoms with van der Waals surface area (Å²) >= 11 is 0. The molecular weight excluding hydrogens is 252 g/mol. The Morgan fingerprint density at radius 2 is 2.05 bits per heavy atom. The van der Waals surface area contributed by atoms with Gasteiger partial charge >= 0.3 is 0 Å². The van der Waals surface area contributed by atoms with Crippen molar-refractivity contribution in [3.05, 3.63) is 29.8 Å². The van der Waals surface area contributed by atoms with Gasteiger partial charge in [0.05, 0.1) is 0 Å². The lowest BCUT2D eigenvalue weighted by Gasteiger charge is -2.21. The molecule has 4 heteroatoms. The van der Waals surface area contributed by atoms with Crippen LogP contribution in [0.25, 0.3) is 0 Å². The van der Waals surface area contributed by atoms with Crippen LogP contribution in [-0.2, 0) is 16.1 Å². The van der Waals surface area contributed by atoms with E-state index in [1.807, 2.05) is 24.3 Å². The Morgan fingerprint density at radius 1 is 1.30 bits per heavy atom. The molecule has 0 bridgehead atoms. The zero-order valence-corrected chi connectivity index (χ0v) is 12.3. The van der Waals surface area contributed by atoms with Crippen molar-refractivity contribution in [1.29, 1.82) is 0 Å². The van der Waals surface area contributed by atoms with Crippen LogP contribution in [0.4, 0.5) is 5.69 Å². The molecule has 1 unspecified atom stereocenters. The Kier molecular flexibility index (Phi) is 5.56. The number of carbonyl (C=O) groups is 1. The lowest BCUT2D eigenvalue weighted by atomic mass is 10.1. The number of anilines is 1. The molecule has 0 aromatic heterocycles. The van der Waals surface area contributed by atoms with Gasteiger partial charge in [0.2, 0.25) is 0 Å². The third-order valence-electron chi connectivity index (χ3n) is 3.41. The first-order chi connectivity index (χ1) is 9.65. The predicted molar refractivity (Wildman–Crippen MR) is 80.6 cm³/mol. The van der Waals surface area contributed by atoms with Gasteiger partial charge in [-0.2, -0.15) is 0 Å². The SMILES string of the molecule is CC(C)NCc1ccc(NC(=O)C2CCCCO2)cc1. The number of hydrogen-bond acceptors (Lipinski definition) is 3. The lowest BCUT2D eigenvalue weighted by molar-refractivity contribution is -0.129. The normalized spacial score (nSPS) is 19.1. The summed E-state index contributed by atoms with van der Waals surface area (Å²) in [6.45, 7) is 5.78. The number of nitrogens with one attached hydrogen (secondary N) is 2. The maximum absolute atomic E-state index is 12.0. The summed E-state index contributed by atoms with van der Waals surface area (Å²) in [6.07, 6.45) is 2.66. The number of ether oxygens (including phenoxy) is 1. The molecular formula is C16H24N2O2. The molecule has 0 saturated carbocycles. The maximum atomic E-state index is 12.0. The summed E-state index contributed by atoms with van der Waals surface area (Å²) in [5, 5.41) is 6.29. The van der Waals surface area contributed by atoms with Gasteiger partial charge in [-0.3, -0.25) is 4.79 Å². The summed E-state index contributed by atoms with van der Waals surface area (Å²) < 4.78 is 5.48. The Labute approximate surface area is 120 Å². The van der Waals surface area contributed by atoms with Crippen molar-refractivity contribution < 1.29 is 9.53 Å². The van der Waals surface area contributed by atoms with Crippen LogP contribution in [-0.4, -0.2) is 24.7 Å². The number of carbonyl (C=O) groups excluding carboxylic acids is 1. The van der Waals surface area contributed by atoms with Gasteiger partial charge in [-0.1, -0.05) is 26.0 Å². The highest BCUT2D eigenvalue weighted by Crippen LogP contribution is 2.16. The Morgan fingerprint density at radius 3 is 2.65 bits per heavy atom. The second-order valence-electron chi connectivity index (χ2n) is 5.58. The van der Waals surface area contributed by atoms with Crippen LogP contribution in [0.2, 0.25) is 0 Å². The molecule has 0 aliphatic carbocycles. The van der Waals surface area contributed by atoms with E-state index in [0.717, 1.165) is 31.5 Å². The minimum atomic E-state index is -0.286. The molecule has 20 heavy (non-hydrogen) atoms. The zero-order valence-electron chi connectivity index (χ0n) is 12.3. The quantitative estimate of drug-likeness (QED) is 0.869. The molecule has 1 aliphatic rings. The molecule has 0 spiro atoms. The van der Waals surface area contributed by atoms with Crippen LogP contribution in [0.3, 0.4) is 0 Å². The van der Waals surface area contributed by atoms with Crippen LogP contribution < -0.4 is 10.6 Å². The first-order valence-electron chi connectivity index (χ1n) is 7.40. The highest BCUT2D eigenvalue weighted by Gasteiger charge is 2.21. The van der Waals surface area contributed by atoms with Crippen LogP contribution in [0, 0.1) is 0 Å². The van der Waals surface area contributed by atoms with E-state index in [9.17, 15) is 4.79 Å². The standard InChI is InChI=1S/C16H24N2O2/c1-12(2)17-11-13-6-8-14(9-7-13)18-16(19)15-5-3-4-10-20-15/h6-9,12,15,17H,3-5,10-11H2,1-2H3,(H,18,19). The molecule has 1 amide bonds. The van der Waals surface area contributed by atoms with Gasteiger partial charge in [-0.05, 0) is 37.0 Å². The van der Waals surface area contributed by atoms with E-state index in [0.29, 0.717) is 12.6 Å². The van der Waals surface area contributed by atoms with E-state index in [1.54, 1.807) is 0 Å². The molecule has 110 valence electrons. The van der Waals surface area contributed by atoms with Crippen molar-refractivity contribution in [3.63, 3.8) is 0 Å². The van der Waals surface area contributed by atoms with E-state index in [-0.39, 0.29) is 12.0 Å². The van der Waals surface area contributed by atoms with Crippen LogP contribution >= 0.6 is 0 Å². The average Bonchev–Trinajstić information content (AvgIpc) is 2.47. The highest BCUT2D eigenvalue weighted by atomic mass is 16.5. The van der Waals surface area contributed by atoms with E-state index in [1.165, 1.54) is 5.56 Å². The molecule has 1 atom stereocenters. The third-order valence-corrected chi connectivity index (χ3v) is 3.41. The molecule has 4 nitrogen and oxygen atoms in total. The topological polar surface area (TPSA) is 50.4 Å². The fourth-order valence-corrected chi connectivity index (χ4v) is 2.20. The van der Waals surface area contributed by atoms with Gasteiger partial charge in [0.15, 0.2) is 0 Å². The number of benzene rings is 1. The molecule has 2 N–H and O–H groups in total. The minimum absolute atomic E-state index is 0.0299. The van der Waals surface area contributed by atoms with Crippen molar-refractivity contribution in [2.75, 3.05) is 11.9 Å². The van der Waals surface area contributed by atoms with E-state index < -0.39 is 0 Å². The lowest BCUT2D eigenvalue weighted by Crippen LogP contribution is -2.33. The zero-order chi connectivity index (χ0) is 14.4. The molecule has 1 aliphatic heterocycles. The van der Waals surface area contributed by atoms with Gasteiger partial charge in [0, 0.05) is 24.9 Å². The summed E-state index contributed by atoms with van der Waals surface area (Å²) in [5.41, 5.74) is 2.04. The van der Waals surface area contributed by atoms with Crippen LogP contribution in [0.1, 0.15) is 38.7 Å². The molecule has 2 rings (SSSR count). The monoisotopic (exact) mass is 276 g/mol. The van der Waals surface area contributed by atoms with E-state index in [2.05, 4.69) is 24.5 Å². The Hall–Kier alpha value is -1.39.